The Balaban J connectivity index is 2.46. The van der Waals surface area contributed by atoms with Crippen molar-refractivity contribution in [1.82, 2.24) is 4.90 Å². The first-order valence-electron chi connectivity index (χ1n) is 3.50. The van der Waals surface area contributed by atoms with E-state index in [1.165, 1.54) is 0 Å². The van der Waals surface area contributed by atoms with Crippen LogP contribution in [0.3, 0.4) is 0 Å². The number of nitrogens with two attached hydrogens (primary N) is 1. The van der Waals surface area contributed by atoms with Crippen molar-refractivity contribution in [2.24, 2.45) is 5.14 Å². The number of likely N-dealkylation sites (tertiary alicyclic amines) is 1. The van der Waals surface area contributed by atoms with Crippen LogP contribution in [0.25, 0.3) is 0 Å². The Morgan fingerprint density at radius 3 is 2.45 bits per heavy atom. The minimum absolute atomic E-state index is 0.0631. The van der Waals surface area contributed by atoms with Crippen LogP contribution in [-0.4, -0.2) is 28.9 Å². The number of carbonyl (C=O) groups excluding carboxylic acids is 1. The number of nitrogens with zero attached hydrogens (tertiary/aromatic N) is 1. The molecule has 5 heteroatoms. The second-order valence-corrected chi connectivity index (χ2v) is 3.09. The average molecular weight is 173 g/mol. The molecule has 0 spiro atoms. The lowest BCUT2D eigenvalue weighted by atomic mass is 10.4. The molecule has 0 radical (unpaired) electrons. The zero-order valence-electron chi connectivity index (χ0n) is 6.17. The quantitative estimate of drug-likeness (QED) is 0.312. The van der Waals surface area contributed by atoms with Gasteiger partial charge in [0.2, 0.25) is 0 Å². The van der Waals surface area contributed by atoms with E-state index in [0.717, 1.165) is 25.9 Å². The smallest absolute Gasteiger partial charge is 0.279 e. The van der Waals surface area contributed by atoms with Crippen molar-refractivity contribution >= 4 is 22.9 Å². The molecule has 0 aromatic rings. The molecule has 4 nitrogen and oxygen atoms in total. The summed E-state index contributed by atoms with van der Waals surface area (Å²) in [6.45, 7) is 1.56. The average Bonchev–Trinajstić information content (AvgIpc) is 2.53. The van der Waals surface area contributed by atoms with Crippen molar-refractivity contribution in [2.45, 2.75) is 12.8 Å². The van der Waals surface area contributed by atoms with Crippen molar-refractivity contribution in [3.05, 3.63) is 0 Å². The van der Waals surface area contributed by atoms with Gasteiger partial charge in [-0.3, -0.25) is 15.3 Å². The summed E-state index contributed by atoms with van der Waals surface area (Å²) in [5.41, 5.74) is 0. The highest BCUT2D eigenvalue weighted by molar-refractivity contribution is 8.13. The molecule has 0 bridgehead atoms. The van der Waals surface area contributed by atoms with E-state index in [2.05, 4.69) is 0 Å². The van der Waals surface area contributed by atoms with E-state index in [1.807, 2.05) is 0 Å². The SMILES string of the molecule is N=C(SN)C(=O)N1CCCC1. The molecule has 3 N–H and O–H groups in total. The lowest BCUT2D eigenvalue weighted by molar-refractivity contribution is -0.122. The molecule has 0 aromatic heterocycles. The summed E-state index contributed by atoms with van der Waals surface area (Å²) in [6.07, 6.45) is 2.10. The van der Waals surface area contributed by atoms with Gasteiger partial charge in [0.05, 0.1) is 0 Å². The van der Waals surface area contributed by atoms with Crippen molar-refractivity contribution in [3.8, 4) is 0 Å². The third-order valence-corrected chi connectivity index (χ3v) is 2.12. The highest BCUT2D eigenvalue weighted by Gasteiger charge is 2.20. The summed E-state index contributed by atoms with van der Waals surface area (Å²) >= 11 is 0.712. The number of hydrogen-bond acceptors (Lipinski definition) is 4. The number of nitrogens with one attached hydrogen (secondary N) is 1. The first-order valence-corrected chi connectivity index (χ1v) is 4.38. The maximum Gasteiger partial charge on any atom is 0.279 e. The van der Waals surface area contributed by atoms with Crippen molar-refractivity contribution in [1.29, 1.82) is 5.41 Å². The summed E-state index contributed by atoms with van der Waals surface area (Å²) < 4.78 is 0. The Morgan fingerprint density at radius 1 is 1.45 bits per heavy atom. The second kappa shape index (κ2) is 3.73. The predicted octanol–water partition coefficient (Wildman–Crippen LogP) is 0.193. The minimum Gasteiger partial charge on any atom is -0.337 e. The van der Waals surface area contributed by atoms with Gasteiger partial charge in [-0.2, -0.15) is 0 Å². The summed E-state index contributed by atoms with van der Waals surface area (Å²) in [5, 5.41) is 12.2. The Morgan fingerprint density at radius 2 is 2.00 bits per heavy atom. The maximum absolute atomic E-state index is 11.2. The van der Waals surface area contributed by atoms with Gasteiger partial charge in [0.15, 0.2) is 5.04 Å². The van der Waals surface area contributed by atoms with Crippen LogP contribution in [0.15, 0.2) is 0 Å². The van der Waals surface area contributed by atoms with Crippen LogP contribution in [-0.2, 0) is 4.79 Å². The number of amides is 1. The molecule has 1 aliphatic rings. The fourth-order valence-electron chi connectivity index (χ4n) is 1.11. The van der Waals surface area contributed by atoms with Crippen LogP contribution in [0, 0.1) is 5.41 Å². The third-order valence-electron chi connectivity index (χ3n) is 1.71. The predicted molar refractivity (Wildman–Crippen MR) is 45.3 cm³/mol. The number of rotatable bonds is 0. The lowest BCUT2D eigenvalue weighted by Gasteiger charge is -2.13. The first-order chi connectivity index (χ1) is 5.25. The van der Waals surface area contributed by atoms with E-state index in [4.69, 9.17) is 10.5 Å². The third kappa shape index (κ3) is 1.94. The normalized spacial score (nSPS) is 17.0. The molecule has 0 aliphatic carbocycles. The Hall–Kier alpha value is -0.550. The zero-order chi connectivity index (χ0) is 8.27. The molecular formula is C6H11N3OS. The van der Waals surface area contributed by atoms with E-state index < -0.39 is 0 Å². The summed E-state index contributed by atoms with van der Waals surface area (Å²) in [5.74, 6) is -0.227. The van der Waals surface area contributed by atoms with E-state index in [-0.39, 0.29) is 11.0 Å². The molecule has 1 fully saturated rings. The molecular weight excluding hydrogens is 162 g/mol. The molecule has 1 heterocycles. The van der Waals surface area contributed by atoms with E-state index in [0.29, 0.717) is 11.9 Å². The van der Waals surface area contributed by atoms with Crippen LogP contribution in [0.2, 0.25) is 0 Å². The standard InChI is InChI=1S/C6H11N3OS/c7-5(11-8)6(10)9-3-1-2-4-9/h7H,1-4,8H2. The summed E-state index contributed by atoms with van der Waals surface area (Å²) in [7, 11) is 0. The molecule has 1 saturated heterocycles. The highest BCUT2D eigenvalue weighted by Crippen LogP contribution is 2.09. The van der Waals surface area contributed by atoms with Crippen LogP contribution in [0.4, 0.5) is 0 Å². The molecule has 0 atom stereocenters. The number of carbonyl (C=O) groups is 1. The summed E-state index contributed by atoms with van der Waals surface area (Å²) in [6, 6.07) is 0. The van der Waals surface area contributed by atoms with Gasteiger partial charge in [-0.05, 0) is 24.8 Å². The van der Waals surface area contributed by atoms with Gasteiger partial charge in [-0.1, -0.05) is 0 Å². The van der Waals surface area contributed by atoms with Crippen LogP contribution >= 0.6 is 11.9 Å². The molecule has 62 valence electrons. The Kier molecular flexibility index (Phi) is 2.90. The lowest BCUT2D eigenvalue weighted by Crippen LogP contribution is -2.32. The van der Waals surface area contributed by atoms with E-state index in [9.17, 15) is 4.79 Å². The fraction of sp³-hybridized carbons (Fsp3) is 0.667. The van der Waals surface area contributed by atoms with Gasteiger partial charge >= 0.3 is 0 Å². The molecule has 1 amide bonds. The molecule has 11 heavy (non-hydrogen) atoms. The fourth-order valence-corrected chi connectivity index (χ4v) is 1.34. The van der Waals surface area contributed by atoms with Crippen LogP contribution < -0.4 is 5.14 Å². The van der Waals surface area contributed by atoms with Gasteiger partial charge in [-0.15, -0.1) is 0 Å². The zero-order valence-corrected chi connectivity index (χ0v) is 6.99. The van der Waals surface area contributed by atoms with Crippen molar-refractivity contribution in [3.63, 3.8) is 0 Å². The monoisotopic (exact) mass is 173 g/mol. The largest absolute Gasteiger partial charge is 0.337 e. The van der Waals surface area contributed by atoms with Crippen LogP contribution in [0.1, 0.15) is 12.8 Å². The summed E-state index contributed by atoms with van der Waals surface area (Å²) in [4.78, 5) is 12.8. The van der Waals surface area contributed by atoms with Crippen molar-refractivity contribution < 1.29 is 4.79 Å². The Labute approximate surface area is 69.8 Å². The van der Waals surface area contributed by atoms with E-state index >= 15 is 0 Å². The topological polar surface area (TPSA) is 70.2 Å². The molecule has 0 unspecified atom stereocenters. The molecule has 1 aliphatic heterocycles. The first kappa shape index (κ1) is 8.55. The van der Waals surface area contributed by atoms with Gasteiger partial charge in [-0.25, -0.2) is 0 Å². The van der Waals surface area contributed by atoms with Gasteiger partial charge in [0, 0.05) is 13.1 Å². The maximum atomic E-state index is 11.2. The van der Waals surface area contributed by atoms with Crippen molar-refractivity contribution in [2.75, 3.05) is 13.1 Å². The highest BCUT2D eigenvalue weighted by atomic mass is 32.2. The van der Waals surface area contributed by atoms with Gasteiger partial charge in [0.25, 0.3) is 5.91 Å². The molecule has 0 saturated carbocycles. The number of hydrogen-bond donors (Lipinski definition) is 2. The second-order valence-electron chi connectivity index (χ2n) is 2.45. The van der Waals surface area contributed by atoms with E-state index in [1.54, 1.807) is 4.90 Å². The van der Waals surface area contributed by atoms with Gasteiger partial charge < -0.3 is 4.90 Å². The Bertz CT molecular complexity index is 177. The van der Waals surface area contributed by atoms with Gasteiger partial charge in [0.1, 0.15) is 0 Å². The molecule has 0 aromatic carbocycles. The molecule has 1 rings (SSSR count). The van der Waals surface area contributed by atoms with Crippen LogP contribution in [0.5, 0.6) is 0 Å². The minimum atomic E-state index is -0.227.